The molecule has 0 radical (unpaired) electrons. The molecular weight excluding hydrogens is 190 g/mol. The number of benzene rings is 2. The van der Waals surface area contributed by atoms with Gasteiger partial charge in [0.2, 0.25) is 0 Å². The number of phenols is 1. The molecule has 0 unspecified atom stereocenters. The van der Waals surface area contributed by atoms with E-state index in [1.165, 1.54) is 6.92 Å². The van der Waals surface area contributed by atoms with E-state index in [1.54, 1.807) is 30.3 Å². The molecule has 0 saturated heterocycles. The molecule has 0 amide bonds. The third-order valence-electron chi connectivity index (χ3n) is 2.46. The first-order valence-corrected chi connectivity index (χ1v) is 4.62. The number of nitrogen functional groups attached to an aromatic ring is 1. The molecule has 3 N–H and O–H groups in total. The highest BCUT2D eigenvalue weighted by Crippen LogP contribution is 2.30. The van der Waals surface area contributed by atoms with Crippen molar-refractivity contribution < 1.29 is 9.90 Å². The van der Waals surface area contributed by atoms with E-state index in [0.29, 0.717) is 22.0 Å². The van der Waals surface area contributed by atoms with Crippen LogP contribution in [0.25, 0.3) is 10.8 Å². The highest BCUT2D eigenvalue weighted by Gasteiger charge is 2.09. The van der Waals surface area contributed by atoms with Gasteiger partial charge in [0.15, 0.2) is 5.78 Å². The third kappa shape index (κ3) is 1.42. The van der Waals surface area contributed by atoms with Gasteiger partial charge < -0.3 is 10.8 Å². The van der Waals surface area contributed by atoms with Crippen LogP contribution in [-0.2, 0) is 0 Å². The maximum atomic E-state index is 11.3. The van der Waals surface area contributed by atoms with Crippen molar-refractivity contribution >= 4 is 22.2 Å². The minimum Gasteiger partial charge on any atom is -0.507 e. The van der Waals surface area contributed by atoms with Gasteiger partial charge >= 0.3 is 0 Å². The molecule has 15 heavy (non-hydrogen) atoms. The van der Waals surface area contributed by atoms with Crippen LogP contribution in [0.15, 0.2) is 30.3 Å². The minimum absolute atomic E-state index is 0.0715. The Balaban J connectivity index is 2.86. The topological polar surface area (TPSA) is 63.3 Å². The van der Waals surface area contributed by atoms with E-state index >= 15 is 0 Å². The lowest BCUT2D eigenvalue weighted by Gasteiger charge is -2.07. The number of carbonyl (C=O) groups excluding carboxylic acids is 1. The van der Waals surface area contributed by atoms with Crippen molar-refractivity contribution in [2.24, 2.45) is 0 Å². The summed E-state index contributed by atoms with van der Waals surface area (Å²) < 4.78 is 0. The van der Waals surface area contributed by atoms with E-state index in [-0.39, 0.29) is 11.5 Å². The van der Waals surface area contributed by atoms with Gasteiger partial charge in [-0.15, -0.1) is 0 Å². The van der Waals surface area contributed by atoms with Gasteiger partial charge in [-0.3, -0.25) is 4.79 Å². The second-order valence-electron chi connectivity index (χ2n) is 3.46. The minimum atomic E-state index is -0.0715. The van der Waals surface area contributed by atoms with Crippen molar-refractivity contribution in [1.29, 1.82) is 0 Å². The number of Topliss-reactive ketones (excluding diaryl/α,β-unsaturated/α-hetero) is 1. The van der Waals surface area contributed by atoms with E-state index in [1.807, 2.05) is 0 Å². The van der Waals surface area contributed by atoms with Crippen LogP contribution in [0.1, 0.15) is 17.3 Å². The predicted molar refractivity (Wildman–Crippen MR) is 60.0 cm³/mol. The Kier molecular flexibility index (Phi) is 2.08. The number of ketones is 1. The summed E-state index contributed by atoms with van der Waals surface area (Å²) in [4.78, 5) is 11.3. The zero-order valence-electron chi connectivity index (χ0n) is 8.32. The summed E-state index contributed by atoms with van der Waals surface area (Å²) in [5.74, 6) is 0.104. The maximum Gasteiger partial charge on any atom is 0.161 e. The van der Waals surface area contributed by atoms with Crippen molar-refractivity contribution in [3.63, 3.8) is 0 Å². The Labute approximate surface area is 87.1 Å². The van der Waals surface area contributed by atoms with Crippen LogP contribution < -0.4 is 5.73 Å². The van der Waals surface area contributed by atoms with Crippen LogP contribution in [0, 0.1) is 0 Å². The van der Waals surface area contributed by atoms with E-state index in [0.717, 1.165) is 0 Å². The molecule has 0 aliphatic heterocycles. The van der Waals surface area contributed by atoms with Crippen molar-refractivity contribution in [3.8, 4) is 5.75 Å². The second kappa shape index (κ2) is 3.28. The molecule has 2 aromatic rings. The van der Waals surface area contributed by atoms with Gasteiger partial charge in [-0.05, 0) is 25.1 Å². The Morgan fingerprint density at radius 3 is 2.60 bits per heavy atom. The van der Waals surface area contributed by atoms with Gasteiger partial charge in [-0.2, -0.15) is 0 Å². The van der Waals surface area contributed by atoms with E-state index in [4.69, 9.17) is 5.73 Å². The monoisotopic (exact) mass is 201 g/mol. The Bertz CT molecular complexity index is 547. The lowest BCUT2D eigenvalue weighted by atomic mass is 10.0. The van der Waals surface area contributed by atoms with Crippen molar-refractivity contribution in [2.75, 3.05) is 5.73 Å². The summed E-state index contributed by atoms with van der Waals surface area (Å²) in [6, 6.07) is 8.43. The smallest absolute Gasteiger partial charge is 0.161 e. The SMILES string of the molecule is CC(=O)c1ccc2c(O)cccc2c1N. The largest absolute Gasteiger partial charge is 0.507 e. The summed E-state index contributed by atoms with van der Waals surface area (Å²) in [5, 5.41) is 11.0. The maximum absolute atomic E-state index is 11.3. The molecule has 0 heterocycles. The third-order valence-corrected chi connectivity index (χ3v) is 2.46. The Hall–Kier alpha value is -2.03. The Morgan fingerprint density at radius 2 is 1.93 bits per heavy atom. The standard InChI is InChI=1S/C12H11NO2/c1-7(14)8-5-6-9-10(12(8)13)3-2-4-11(9)15/h2-6,15H,13H2,1H3. The number of anilines is 1. The molecule has 0 aliphatic carbocycles. The number of phenolic OH excluding ortho intramolecular Hbond substituents is 1. The summed E-state index contributed by atoms with van der Waals surface area (Å²) in [7, 11) is 0. The van der Waals surface area contributed by atoms with Gasteiger partial charge in [0.25, 0.3) is 0 Å². The normalized spacial score (nSPS) is 10.5. The van der Waals surface area contributed by atoms with Gasteiger partial charge in [0.05, 0.1) is 5.69 Å². The van der Waals surface area contributed by atoms with Gasteiger partial charge in [-0.1, -0.05) is 12.1 Å². The number of hydrogen-bond donors (Lipinski definition) is 2. The van der Waals surface area contributed by atoms with Crippen LogP contribution >= 0.6 is 0 Å². The molecule has 3 nitrogen and oxygen atoms in total. The molecule has 2 aromatic carbocycles. The summed E-state index contributed by atoms with van der Waals surface area (Å²) in [5.41, 5.74) is 6.78. The molecule has 0 fully saturated rings. The highest BCUT2D eigenvalue weighted by atomic mass is 16.3. The zero-order valence-corrected chi connectivity index (χ0v) is 8.32. The van der Waals surface area contributed by atoms with Gasteiger partial charge in [0.1, 0.15) is 5.75 Å². The first kappa shape index (κ1) is 9.52. The fourth-order valence-corrected chi connectivity index (χ4v) is 1.67. The number of rotatable bonds is 1. The van der Waals surface area contributed by atoms with Crippen LogP contribution in [0.2, 0.25) is 0 Å². The lowest BCUT2D eigenvalue weighted by molar-refractivity contribution is 0.101. The molecular formula is C12H11NO2. The lowest BCUT2D eigenvalue weighted by Crippen LogP contribution is -2.00. The molecule has 3 heteroatoms. The number of hydrogen-bond acceptors (Lipinski definition) is 3. The van der Waals surface area contributed by atoms with E-state index in [9.17, 15) is 9.90 Å². The molecule has 0 aromatic heterocycles. The first-order valence-electron chi connectivity index (χ1n) is 4.62. The Morgan fingerprint density at radius 1 is 1.20 bits per heavy atom. The molecule has 0 saturated carbocycles. The number of carbonyl (C=O) groups is 1. The average Bonchev–Trinajstić information content (AvgIpc) is 2.19. The summed E-state index contributed by atoms with van der Waals surface area (Å²) in [6.45, 7) is 1.47. The van der Waals surface area contributed by atoms with Crippen LogP contribution in [0.4, 0.5) is 5.69 Å². The highest BCUT2D eigenvalue weighted by molar-refractivity contribution is 6.08. The van der Waals surface area contributed by atoms with Crippen molar-refractivity contribution in [3.05, 3.63) is 35.9 Å². The predicted octanol–water partition coefficient (Wildman–Crippen LogP) is 2.33. The van der Waals surface area contributed by atoms with Crippen LogP contribution in [0.3, 0.4) is 0 Å². The average molecular weight is 201 g/mol. The summed E-state index contributed by atoms with van der Waals surface area (Å²) >= 11 is 0. The molecule has 0 bridgehead atoms. The second-order valence-corrected chi connectivity index (χ2v) is 3.46. The van der Waals surface area contributed by atoms with Crippen molar-refractivity contribution in [2.45, 2.75) is 6.92 Å². The number of fused-ring (bicyclic) bond motifs is 1. The van der Waals surface area contributed by atoms with Gasteiger partial charge in [-0.25, -0.2) is 0 Å². The molecule has 2 rings (SSSR count). The van der Waals surface area contributed by atoms with Crippen LogP contribution in [-0.4, -0.2) is 10.9 Å². The quantitative estimate of drug-likeness (QED) is 0.549. The van der Waals surface area contributed by atoms with E-state index < -0.39 is 0 Å². The van der Waals surface area contributed by atoms with Crippen molar-refractivity contribution in [1.82, 2.24) is 0 Å². The first-order chi connectivity index (χ1) is 7.11. The zero-order chi connectivity index (χ0) is 11.0. The number of nitrogens with two attached hydrogens (primary N) is 1. The summed E-state index contributed by atoms with van der Waals surface area (Å²) in [6.07, 6.45) is 0. The fraction of sp³-hybridized carbons (Fsp3) is 0.0833. The van der Waals surface area contributed by atoms with E-state index in [2.05, 4.69) is 0 Å². The number of aromatic hydroxyl groups is 1. The molecule has 0 atom stereocenters. The molecule has 0 aliphatic rings. The van der Waals surface area contributed by atoms with Crippen LogP contribution in [0.5, 0.6) is 5.75 Å². The molecule has 76 valence electrons. The van der Waals surface area contributed by atoms with Gasteiger partial charge in [0, 0.05) is 16.3 Å². The fourth-order valence-electron chi connectivity index (χ4n) is 1.67. The molecule has 0 spiro atoms.